The summed E-state index contributed by atoms with van der Waals surface area (Å²) in [5.74, 6) is 0.732. The number of rotatable bonds is 2. The highest BCUT2D eigenvalue weighted by Crippen LogP contribution is 2.35. The summed E-state index contributed by atoms with van der Waals surface area (Å²) in [6, 6.07) is 7.91. The van der Waals surface area contributed by atoms with Gasteiger partial charge in [-0.05, 0) is 48.6 Å². The number of hydrogen-bond donors (Lipinski definition) is 0. The van der Waals surface area contributed by atoms with E-state index in [0.29, 0.717) is 11.1 Å². The monoisotopic (exact) mass is 286 g/mol. The molecule has 3 nitrogen and oxygen atoms in total. The minimum atomic E-state index is -0.291. The Balaban J connectivity index is 2.40. The zero-order valence-corrected chi connectivity index (χ0v) is 12.3. The van der Waals surface area contributed by atoms with Gasteiger partial charge in [-0.3, -0.25) is 0 Å². The Morgan fingerprint density at radius 3 is 2.65 bits per heavy atom. The van der Waals surface area contributed by atoms with E-state index in [9.17, 15) is 4.79 Å². The lowest BCUT2D eigenvalue weighted by Crippen LogP contribution is -2.06. The number of fused-ring (bicyclic) bond motifs is 1. The summed E-state index contributed by atoms with van der Waals surface area (Å²) >= 11 is 1.64. The minimum Gasteiger partial charge on any atom is -0.496 e. The summed E-state index contributed by atoms with van der Waals surface area (Å²) in [5, 5.41) is 2.88. The van der Waals surface area contributed by atoms with Gasteiger partial charge in [-0.1, -0.05) is 6.07 Å². The van der Waals surface area contributed by atoms with Crippen LogP contribution in [0.4, 0.5) is 0 Å². The molecule has 0 unspecified atom stereocenters. The normalized spacial score (nSPS) is 10.9. The first-order valence-corrected chi connectivity index (χ1v) is 7.15. The molecule has 1 aromatic carbocycles. The molecule has 2 heterocycles. The summed E-state index contributed by atoms with van der Waals surface area (Å²) in [5.41, 5.74) is 2.81. The van der Waals surface area contributed by atoms with E-state index in [1.165, 1.54) is 0 Å². The summed E-state index contributed by atoms with van der Waals surface area (Å²) in [6.07, 6.45) is 0. The Kier molecular flexibility index (Phi) is 3.10. The van der Waals surface area contributed by atoms with Crippen LogP contribution in [-0.2, 0) is 0 Å². The van der Waals surface area contributed by atoms with Crippen molar-refractivity contribution < 1.29 is 9.15 Å². The van der Waals surface area contributed by atoms with Gasteiger partial charge in [0.25, 0.3) is 0 Å². The highest BCUT2D eigenvalue weighted by Gasteiger charge is 2.14. The molecule has 0 saturated heterocycles. The molecule has 0 radical (unpaired) electrons. The molecule has 102 valence electrons. The van der Waals surface area contributed by atoms with E-state index in [0.717, 1.165) is 27.1 Å². The van der Waals surface area contributed by atoms with Crippen LogP contribution in [0.25, 0.3) is 21.4 Å². The second-order valence-electron chi connectivity index (χ2n) is 4.67. The van der Waals surface area contributed by atoms with Gasteiger partial charge in [-0.25, -0.2) is 4.79 Å². The van der Waals surface area contributed by atoms with E-state index in [1.807, 2.05) is 36.6 Å². The van der Waals surface area contributed by atoms with Crippen molar-refractivity contribution in [3.63, 3.8) is 0 Å². The number of thiophene rings is 1. The third kappa shape index (κ3) is 1.93. The minimum absolute atomic E-state index is 0.291. The Labute approximate surface area is 120 Å². The van der Waals surface area contributed by atoms with Crippen LogP contribution in [-0.4, -0.2) is 7.11 Å². The highest BCUT2D eigenvalue weighted by molar-refractivity contribution is 7.13. The van der Waals surface area contributed by atoms with Crippen LogP contribution in [0.1, 0.15) is 11.1 Å². The molecule has 0 bridgehead atoms. The van der Waals surface area contributed by atoms with Crippen LogP contribution in [0, 0.1) is 13.8 Å². The van der Waals surface area contributed by atoms with Crippen LogP contribution in [0.2, 0.25) is 0 Å². The smallest absolute Gasteiger partial charge is 0.339 e. The third-order valence-corrected chi connectivity index (χ3v) is 4.46. The summed E-state index contributed by atoms with van der Waals surface area (Å²) in [6.45, 7) is 3.69. The Morgan fingerprint density at radius 2 is 2.00 bits per heavy atom. The van der Waals surface area contributed by atoms with Crippen LogP contribution in [0.5, 0.6) is 5.75 Å². The van der Waals surface area contributed by atoms with E-state index < -0.39 is 0 Å². The molecule has 0 N–H and O–H groups in total. The van der Waals surface area contributed by atoms with Crippen LogP contribution in [0.15, 0.2) is 38.9 Å². The molecule has 0 spiro atoms. The maximum absolute atomic E-state index is 11.8. The maximum atomic E-state index is 11.8. The van der Waals surface area contributed by atoms with Gasteiger partial charge < -0.3 is 9.15 Å². The standard InChI is InChI=1S/C16H14O3S/c1-9-10(2)16(17)19-13-8-11(14-5-4-6-20-14)7-12(18-3)15(9)13/h4-8H,1-3H3. The van der Waals surface area contributed by atoms with Crippen LogP contribution >= 0.6 is 11.3 Å². The van der Waals surface area contributed by atoms with Crippen molar-refractivity contribution in [1.82, 2.24) is 0 Å². The zero-order valence-electron chi connectivity index (χ0n) is 11.5. The number of ether oxygens (including phenoxy) is 1. The van der Waals surface area contributed by atoms with E-state index >= 15 is 0 Å². The Morgan fingerprint density at radius 1 is 1.20 bits per heavy atom. The van der Waals surface area contributed by atoms with Gasteiger partial charge in [0, 0.05) is 10.4 Å². The average Bonchev–Trinajstić information content (AvgIpc) is 2.97. The van der Waals surface area contributed by atoms with Crippen molar-refractivity contribution in [2.75, 3.05) is 7.11 Å². The zero-order chi connectivity index (χ0) is 14.3. The lowest BCUT2D eigenvalue weighted by Gasteiger charge is -2.11. The largest absolute Gasteiger partial charge is 0.496 e. The van der Waals surface area contributed by atoms with Gasteiger partial charge in [0.2, 0.25) is 0 Å². The van der Waals surface area contributed by atoms with E-state index in [2.05, 4.69) is 0 Å². The second kappa shape index (κ2) is 4.80. The number of hydrogen-bond acceptors (Lipinski definition) is 4. The molecule has 3 aromatic rings. The molecule has 3 rings (SSSR count). The fourth-order valence-electron chi connectivity index (χ4n) is 2.30. The highest BCUT2D eigenvalue weighted by atomic mass is 32.1. The molecule has 4 heteroatoms. The fraction of sp³-hybridized carbons (Fsp3) is 0.188. The fourth-order valence-corrected chi connectivity index (χ4v) is 3.02. The van der Waals surface area contributed by atoms with Crippen molar-refractivity contribution in [3.8, 4) is 16.2 Å². The molecule has 0 amide bonds. The topological polar surface area (TPSA) is 39.4 Å². The molecule has 0 aliphatic heterocycles. The van der Waals surface area contributed by atoms with E-state index in [4.69, 9.17) is 9.15 Å². The van der Waals surface area contributed by atoms with E-state index in [1.54, 1.807) is 25.4 Å². The van der Waals surface area contributed by atoms with E-state index in [-0.39, 0.29) is 5.63 Å². The van der Waals surface area contributed by atoms with Crippen molar-refractivity contribution in [1.29, 1.82) is 0 Å². The van der Waals surface area contributed by atoms with Gasteiger partial charge >= 0.3 is 5.63 Å². The van der Waals surface area contributed by atoms with Crippen molar-refractivity contribution >= 4 is 22.3 Å². The first-order valence-electron chi connectivity index (χ1n) is 6.27. The summed E-state index contributed by atoms with van der Waals surface area (Å²) in [4.78, 5) is 13.0. The third-order valence-electron chi connectivity index (χ3n) is 3.54. The molecular formula is C16H14O3S. The van der Waals surface area contributed by atoms with Crippen LogP contribution < -0.4 is 10.4 Å². The van der Waals surface area contributed by atoms with Gasteiger partial charge in [0.15, 0.2) is 0 Å². The molecule has 20 heavy (non-hydrogen) atoms. The predicted molar refractivity (Wildman–Crippen MR) is 81.8 cm³/mol. The Hall–Kier alpha value is -2.07. The van der Waals surface area contributed by atoms with Gasteiger partial charge in [0.1, 0.15) is 11.3 Å². The quantitative estimate of drug-likeness (QED) is 0.664. The SMILES string of the molecule is COc1cc(-c2cccs2)cc2oc(=O)c(C)c(C)c12. The van der Waals surface area contributed by atoms with Gasteiger partial charge in [-0.2, -0.15) is 0 Å². The first-order chi connectivity index (χ1) is 9.61. The molecular weight excluding hydrogens is 272 g/mol. The number of aryl methyl sites for hydroxylation is 1. The van der Waals surface area contributed by atoms with Crippen molar-refractivity contribution in [3.05, 3.63) is 51.2 Å². The second-order valence-corrected chi connectivity index (χ2v) is 5.62. The van der Waals surface area contributed by atoms with Gasteiger partial charge in [0.05, 0.1) is 12.5 Å². The first kappa shape index (κ1) is 12.9. The summed E-state index contributed by atoms with van der Waals surface area (Å²) < 4.78 is 10.9. The van der Waals surface area contributed by atoms with Crippen molar-refractivity contribution in [2.24, 2.45) is 0 Å². The van der Waals surface area contributed by atoms with Gasteiger partial charge in [-0.15, -0.1) is 11.3 Å². The predicted octanol–water partition coefficient (Wildman–Crippen LogP) is 4.15. The number of methoxy groups -OCH3 is 1. The molecule has 0 aliphatic carbocycles. The molecule has 0 aliphatic rings. The Bertz CT molecular complexity index is 829. The lowest BCUT2D eigenvalue weighted by molar-refractivity contribution is 0.418. The van der Waals surface area contributed by atoms with Crippen molar-refractivity contribution in [2.45, 2.75) is 13.8 Å². The lowest BCUT2D eigenvalue weighted by atomic mass is 10.0. The van der Waals surface area contributed by atoms with Crippen LogP contribution in [0.3, 0.4) is 0 Å². The summed E-state index contributed by atoms with van der Waals surface area (Å²) in [7, 11) is 1.63. The molecule has 0 atom stereocenters. The molecule has 0 fully saturated rings. The maximum Gasteiger partial charge on any atom is 0.339 e. The molecule has 2 aromatic heterocycles. The number of benzene rings is 1. The molecule has 0 saturated carbocycles. The average molecular weight is 286 g/mol.